The summed E-state index contributed by atoms with van der Waals surface area (Å²) in [4.78, 5) is 18.2. The Morgan fingerprint density at radius 1 is 1.27 bits per heavy atom. The van der Waals surface area contributed by atoms with Crippen LogP contribution in [0.1, 0.15) is 66.1 Å². The molecule has 0 unspecified atom stereocenters. The zero-order chi connectivity index (χ0) is 23.2. The molecule has 0 spiro atoms. The fourth-order valence-electron chi connectivity index (χ4n) is 3.34. The zero-order valence-corrected chi connectivity index (χ0v) is 22.4. The number of aryl methyl sites for hydroxylation is 1. The van der Waals surface area contributed by atoms with Crippen LogP contribution in [0.5, 0.6) is 0 Å². The van der Waals surface area contributed by atoms with Crippen molar-refractivity contribution in [3.05, 3.63) is 16.1 Å². The van der Waals surface area contributed by atoms with Gasteiger partial charge in [0, 0.05) is 11.8 Å². The maximum absolute atomic E-state index is 13.6. The van der Waals surface area contributed by atoms with E-state index in [0.717, 1.165) is 10.7 Å². The third-order valence-corrected chi connectivity index (χ3v) is 11.1. The van der Waals surface area contributed by atoms with Crippen molar-refractivity contribution in [2.24, 2.45) is 0 Å². The molecule has 2 heterocycles. The maximum atomic E-state index is 13.6. The molecule has 0 aromatic carbocycles. The quantitative estimate of drug-likeness (QED) is 0.489. The molecule has 0 saturated carbocycles. The van der Waals surface area contributed by atoms with E-state index in [1.165, 1.54) is 0 Å². The van der Waals surface area contributed by atoms with Crippen LogP contribution in [0.25, 0.3) is 0 Å². The lowest BCUT2D eigenvalue weighted by atomic mass is 9.87. The number of carbonyl (C=O) groups is 1. The summed E-state index contributed by atoms with van der Waals surface area (Å²) in [5.74, 6) is -0.324. The largest absolute Gasteiger partial charge is 0.459 e. The van der Waals surface area contributed by atoms with E-state index in [1.54, 1.807) is 11.3 Å². The second kappa shape index (κ2) is 8.28. The Morgan fingerprint density at radius 3 is 2.33 bits per heavy atom. The average Bonchev–Trinajstić information content (AvgIpc) is 3.03. The van der Waals surface area contributed by atoms with E-state index in [1.807, 2.05) is 46.9 Å². The van der Waals surface area contributed by atoms with Crippen LogP contribution < -0.4 is 5.32 Å². The van der Waals surface area contributed by atoms with Crippen molar-refractivity contribution < 1.29 is 18.7 Å². The molecule has 0 bridgehead atoms. The monoisotopic (exact) mass is 456 g/mol. The minimum absolute atomic E-state index is 0.0646. The molecule has 6 nitrogen and oxygen atoms in total. The first-order valence-electron chi connectivity index (χ1n) is 10.6. The second-order valence-electron chi connectivity index (χ2n) is 11.3. The van der Waals surface area contributed by atoms with Crippen LogP contribution in [-0.4, -0.2) is 48.8 Å². The normalized spacial score (nSPS) is 24.8. The predicted molar refractivity (Wildman–Crippen MR) is 124 cm³/mol. The topological polar surface area (TPSA) is 69.7 Å². The molecule has 1 aliphatic rings. The Labute approximate surface area is 187 Å². The highest BCUT2D eigenvalue weighted by Crippen LogP contribution is 2.39. The molecule has 0 amide bonds. The van der Waals surface area contributed by atoms with Crippen LogP contribution in [0, 0.1) is 6.92 Å². The lowest BCUT2D eigenvalue weighted by Gasteiger charge is -2.39. The van der Waals surface area contributed by atoms with E-state index >= 15 is 0 Å². The van der Waals surface area contributed by atoms with Gasteiger partial charge in [0.05, 0.1) is 17.3 Å². The smallest absolute Gasteiger partial charge is 0.330 e. The van der Waals surface area contributed by atoms with E-state index in [0.29, 0.717) is 13.0 Å². The van der Waals surface area contributed by atoms with Gasteiger partial charge in [-0.1, -0.05) is 20.8 Å². The van der Waals surface area contributed by atoms with Crippen LogP contribution in [0.2, 0.25) is 18.1 Å². The number of thiazole rings is 1. The van der Waals surface area contributed by atoms with Crippen LogP contribution in [-0.2, 0) is 25.1 Å². The van der Waals surface area contributed by atoms with Gasteiger partial charge in [-0.25, -0.2) is 9.78 Å². The summed E-state index contributed by atoms with van der Waals surface area (Å²) in [6, 6.07) is 0. The number of carbonyl (C=O) groups excluding carboxylic acids is 1. The van der Waals surface area contributed by atoms with Gasteiger partial charge in [0.1, 0.15) is 17.4 Å². The van der Waals surface area contributed by atoms with Crippen molar-refractivity contribution >= 4 is 25.6 Å². The van der Waals surface area contributed by atoms with Crippen molar-refractivity contribution in [2.45, 2.75) is 110 Å². The fraction of sp³-hybridized carbons (Fsp3) is 0.818. The number of nitrogens with zero attached hydrogens (tertiary/aromatic N) is 1. The van der Waals surface area contributed by atoms with Gasteiger partial charge in [-0.2, -0.15) is 0 Å². The number of ether oxygens (including phenoxy) is 2. The molecule has 1 aromatic heterocycles. The minimum atomic E-state index is -2.02. The van der Waals surface area contributed by atoms with E-state index in [4.69, 9.17) is 13.9 Å². The van der Waals surface area contributed by atoms with Gasteiger partial charge in [-0.05, 0) is 59.7 Å². The molecule has 2 rings (SSSR count). The Bertz CT molecular complexity index is 764. The first-order valence-corrected chi connectivity index (χ1v) is 14.4. The van der Waals surface area contributed by atoms with Crippen molar-refractivity contribution in [3.8, 4) is 0 Å². The van der Waals surface area contributed by atoms with Gasteiger partial charge in [0.25, 0.3) is 0 Å². The Balaban J connectivity index is 2.42. The van der Waals surface area contributed by atoms with Crippen molar-refractivity contribution in [1.82, 2.24) is 10.3 Å². The third-order valence-electron chi connectivity index (χ3n) is 5.80. The third kappa shape index (κ3) is 5.91. The molecule has 1 N–H and O–H groups in total. The Morgan fingerprint density at radius 2 is 1.87 bits per heavy atom. The summed E-state index contributed by atoms with van der Waals surface area (Å²) in [5.41, 5.74) is -1.51. The SMILES string of the molecule is Cc1nc(C[C@]2(C(=O)OC(C)(C)C)NC(C)(C)O[C@@H]2CO[Si](C)(C)C(C)(C)C)cs1. The van der Waals surface area contributed by atoms with E-state index < -0.39 is 31.3 Å². The second-order valence-corrected chi connectivity index (χ2v) is 17.2. The Kier molecular flexibility index (Phi) is 7.02. The van der Waals surface area contributed by atoms with Gasteiger partial charge in [0.15, 0.2) is 13.9 Å². The maximum Gasteiger partial charge on any atom is 0.330 e. The molecule has 2 atom stereocenters. The van der Waals surface area contributed by atoms with E-state index in [-0.39, 0.29) is 11.0 Å². The molecule has 0 aliphatic carbocycles. The lowest BCUT2D eigenvalue weighted by Crippen LogP contribution is -2.62. The molecule has 1 fully saturated rings. The van der Waals surface area contributed by atoms with Crippen molar-refractivity contribution in [2.75, 3.05) is 6.61 Å². The highest BCUT2D eigenvalue weighted by molar-refractivity contribution is 7.09. The molecular formula is C22H40N2O4SSi. The van der Waals surface area contributed by atoms with Crippen LogP contribution in [0.4, 0.5) is 0 Å². The average molecular weight is 457 g/mol. The summed E-state index contributed by atoms with van der Waals surface area (Å²) in [6.45, 7) is 22.8. The molecule has 1 aliphatic heterocycles. The van der Waals surface area contributed by atoms with Gasteiger partial charge < -0.3 is 13.9 Å². The highest BCUT2D eigenvalue weighted by Gasteiger charge is 2.59. The molecule has 0 radical (unpaired) electrons. The highest BCUT2D eigenvalue weighted by atomic mass is 32.1. The van der Waals surface area contributed by atoms with Crippen molar-refractivity contribution in [3.63, 3.8) is 0 Å². The number of rotatable bonds is 6. The predicted octanol–water partition coefficient (Wildman–Crippen LogP) is 4.82. The summed E-state index contributed by atoms with van der Waals surface area (Å²) in [6.07, 6.45) is -0.0974. The van der Waals surface area contributed by atoms with Crippen LogP contribution in [0.3, 0.4) is 0 Å². The summed E-state index contributed by atoms with van der Waals surface area (Å²) in [5, 5.41) is 6.49. The fourth-order valence-corrected chi connectivity index (χ4v) is 4.95. The first-order chi connectivity index (χ1) is 13.4. The first kappa shape index (κ1) is 25.5. The lowest BCUT2D eigenvalue weighted by molar-refractivity contribution is -0.166. The molecular weight excluding hydrogens is 416 g/mol. The standard InChI is InChI=1S/C22H40N2O4SSi/c1-15-23-16(14-29-15)12-22(18(25)28-19(2,3)4)17(27-21(8,9)24-22)13-26-30(10,11)20(5,6)7/h14,17,24H,12-13H2,1-11H3/t17-,22+/m1/s1. The molecule has 8 heteroatoms. The minimum Gasteiger partial charge on any atom is -0.459 e. The van der Waals surface area contributed by atoms with Gasteiger partial charge >= 0.3 is 5.97 Å². The van der Waals surface area contributed by atoms with Crippen LogP contribution >= 0.6 is 11.3 Å². The number of hydrogen-bond acceptors (Lipinski definition) is 7. The summed E-state index contributed by atoms with van der Waals surface area (Å²) >= 11 is 1.58. The van der Waals surface area contributed by atoms with Gasteiger partial charge in [-0.3, -0.25) is 5.32 Å². The zero-order valence-electron chi connectivity index (χ0n) is 20.6. The van der Waals surface area contributed by atoms with Crippen LogP contribution in [0.15, 0.2) is 5.38 Å². The van der Waals surface area contributed by atoms with Crippen molar-refractivity contribution in [1.29, 1.82) is 0 Å². The summed E-state index contributed by atoms with van der Waals surface area (Å²) < 4.78 is 18.7. The number of hydrogen-bond donors (Lipinski definition) is 1. The Hall–Kier alpha value is -0.803. The van der Waals surface area contributed by atoms with Gasteiger partial charge in [-0.15, -0.1) is 11.3 Å². The number of esters is 1. The number of aromatic nitrogens is 1. The number of nitrogens with one attached hydrogen (secondary N) is 1. The molecule has 1 aromatic rings. The van der Waals surface area contributed by atoms with Gasteiger partial charge in [0.2, 0.25) is 0 Å². The molecule has 30 heavy (non-hydrogen) atoms. The molecule has 1 saturated heterocycles. The molecule has 172 valence electrons. The van der Waals surface area contributed by atoms with E-state index in [2.05, 4.69) is 44.2 Å². The van der Waals surface area contributed by atoms with E-state index in [9.17, 15) is 4.79 Å². The summed E-state index contributed by atoms with van der Waals surface area (Å²) in [7, 11) is -2.02.